The number of hydrogen-bond acceptors (Lipinski definition) is 4. The zero-order valence-corrected chi connectivity index (χ0v) is 14.4. The topological polar surface area (TPSA) is 55.4 Å². The Labute approximate surface area is 144 Å². The average Bonchev–Trinajstić information content (AvgIpc) is 3.02. The lowest BCUT2D eigenvalue weighted by Gasteiger charge is -2.07. The van der Waals surface area contributed by atoms with Gasteiger partial charge in [0.2, 0.25) is 0 Å². The summed E-state index contributed by atoms with van der Waals surface area (Å²) in [6, 6.07) is 9.25. The first-order chi connectivity index (χ1) is 11.0. The first-order valence-electron chi connectivity index (χ1n) is 7.28. The highest BCUT2D eigenvalue weighted by atomic mass is 35.5. The van der Waals surface area contributed by atoms with E-state index in [1.807, 2.05) is 30.5 Å². The van der Waals surface area contributed by atoms with E-state index in [-0.39, 0.29) is 18.5 Å². The van der Waals surface area contributed by atoms with Crippen molar-refractivity contribution in [2.24, 2.45) is 0 Å². The normalized spacial score (nSPS) is 10.3. The van der Waals surface area contributed by atoms with Gasteiger partial charge in [-0.05, 0) is 48.9 Å². The van der Waals surface area contributed by atoms with Gasteiger partial charge in [0.25, 0.3) is 5.91 Å². The number of carbonyl (C=O) groups is 2. The summed E-state index contributed by atoms with van der Waals surface area (Å²) in [5.41, 5.74) is 1.51. The summed E-state index contributed by atoms with van der Waals surface area (Å²) >= 11 is 7.66. The van der Waals surface area contributed by atoms with Crippen LogP contribution < -0.4 is 5.32 Å². The third kappa shape index (κ3) is 6.04. The molecule has 6 heteroatoms. The molecule has 0 atom stereocenters. The van der Waals surface area contributed by atoms with Gasteiger partial charge in [-0.2, -0.15) is 0 Å². The van der Waals surface area contributed by atoms with Gasteiger partial charge in [0, 0.05) is 22.0 Å². The molecule has 4 nitrogen and oxygen atoms in total. The Bertz CT molecular complexity index is 670. The Balaban J connectivity index is 1.67. The Morgan fingerprint density at radius 1 is 1.30 bits per heavy atom. The molecule has 1 aromatic heterocycles. The minimum absolute atomic E-state index is 0.288. The zero-order chi connectivity index (χ0) is 16.7. The molecule has 0 aliphatic carbocycles. The number of aryl methyl sites for hydroxylation is 2. The van der Waals surface area contributed by atoms with Crippen molar-refractivity contribution in [3.8, 4) is 0 Å². The second-order valence-corrected chi connectivity index (χ2v) is 6.55. The number of halogens is 1. The van der Waals surface area contributed by atoms with Crippen LogP contribution in [0.25, 0.3) is 0 Å². The summed E-state index contributed by atoms with van der Waals surface area (Å²) in [5.74, 6) is -0.741. The predicted octanol–water partition coefficient (Wildman–Crippen LogP) is 4.21. The van der Waals surface area contributed by atoms with E-state index in [0.29, 0.717) is 23.6 Å². The van der Waals surface area contributed by atoms with Crippen LogP contribution in [0.15, 0.2) is 35.7 Å². The molecule has 0 fully saturated rings. The van der Waals surface area contributed by atoms with Crippen molar-refractivity contribution in [2.45, 2.75) is 26.2 Å². The van der Waals surface area contributed by atoms with E-state index in [9.17, 15) is 9.59 Å². The smallest absolute Gasteiger partial charge is 0.306 e. The summed E-state index contributed by atoms with van der Waals surface area (Å²) in [6.45, 7) is 1.59. The van der Waals surface area contributed by atoms with Crippen molar-refractivity contribution < 1.29 is 14.3 Å². The van der Waals surface area contributed by atoms with Crippen LogP contribution in [0.5, 0.6) is 0 Å². The fourth-order valence-electron chi connectivity index (χ4n) is 1.95. The van der Waals surface area contributed by atoms with Crippen molar-refractivity contribution in [3.05, 3.63) is 51.2 Å². The second kappa shape index (κ2) is 8.70. The lowest BCUT2D eigenvalue weighted by molar-refractivity contribution is -0.147. The average molecular weight is 352 g/mol. The second-order valence-electron chi connectivity index (χ2n) is 5.11. The predicted molar refractivity (Wildman–Crippen MR) is 93.0 cm³/mol. The molecule has 1 N–H and O–H groups in total. The summed E-state index contributed by atoms with van der Waals surface area (Å²) in [6.07, 6.45) is 1.87. The minimum atomic E-state index is -0.378. The molecule has 0 aliphatic rings. The Kier molecular flexibility index (Phi) is 6.62. The van der Waals surface area contributed by atoms with Crippen LogP contribution in [0, 0.1) is 6.92 Å². The molecule has 0 spiro atoms. The number of nitrogens with one attached hydrogen (secondary N) is 1. The number of carbonyl (C=O) groups excluding carboxylic acids is 2. The molecular weight excluding hydrogens is 334 g/mol. The minimum Gasteiger partial charge on any atom is -0.456 e. The van der Waals surface area contributed by atoms with Crippen LogP contribution in [0.3, 0.4) is 0 Å². The molecule has 0 radical (unpaired) electrons. The molecule has 2 aromatic rings. The van der Waals surface area contributed by atoms with Crippen LogP contribution in [-0.4, -0.2) is 18.5 Å². The highest BCUT2D eigenvalue weighted by Crippen LogP contribution is 2.19. The number of ether oxygens (including phenoxy) is 1. The number of anilines is 1. The van der Waals surface area contributed by atoms with Crippen molar-refractivity contribution in [3.63, 3.8) is 0 Å². The fraction of sp³-hybridized carbons (Fsp3) is 0.294. The van der Waals surface area contributed by atoms with E-state index >= 15 is 0 Å². The van der Waals surface area contributed by atoms with E-state index in [2.05, 4.69) is 5.32 Å². The van der Waals surface area contributed by atoms with E-state index < -0.39 is 0 Å². The standard InChI is InChI=1S/C17H18ClNO3S/c1-12-7-8-13(10-15(12)18)19-16(20)11-22-17(21)6-2-4-14-5-3-9-23-14/h3,5,7-10H,2,4,6,11H2,1H3,(H,19,20). The molecule has 2 rings (SSSR count). The molecule has 0 unspecified atom stereocenters. The van der Waals surface area contributed by atoms with Gasteiger partial charge in [-0.15, -0.1) is 11.3 Å². The van der Waals surface area contributed by atoms with Crippen LogP contribution >= 0.6 is 22.9 Å². The van der Waals surface area contributed by atoms with Crippen LogP contribution in [0.2, 0.25) is 5.02 Å². The van der Waals surface area contributed by atoms with E-state index in [1.165, 1.54) is 4.88 Å². The lowest BCUT2D eigenvalue weighted by atomic mass is 10.2. The van der Waals surface area contributed by atoms with Crippen LogP contribution in [0.4, 0.5) is 5.69 Å². The molecule has 0 bridgehead atoms. The number of thiophene rings is 1. The van der Waals surface area contributed by atoms with Gasteiger partial charge < -0.3 is 10.1 Å². The Morgan fingerprint density at radius 2 is 2.13 bits per heavy atom. The number of esters is 1. The van der Waals surface area contributed by atoms with E-state index in [1.54, 1.807) is 23.5 Å². The molecule has 0 saturated heterocycles. The maximum Gasteiger partial charge on any atom is 0.306 e. The molecule has 23 heavy (non-hydrogen) atoms. The van der Waals surface area contributed by atoms with Crippen molar-refractivity contribution in [1.82, 2.24) is 0 Å². The van der Waals surface area contributed by atoms with E-state index in [0.717, 1.165) is 12.0 Å². The molecule has 0 saturated carbocycles. The maximum atomic E-state index is 11.7. The Morgan fingerprint density at radius 3 is 2.83 bits per heavy atom. The molecule has 1 amide bonds. The molecule has 1 heterocycles. The van der Waals surface area contributed by atoms with Gasteiger partial charge in [0.1, 0.15) is 0 Å². The van der Waals surface area contributed by atoms with Crippen molar-refractivity contribution >= 4 is 40.5 Å². The highest BCUT2D eigenvalue weighted by Gasteiger charge is 2.09. The number of rotatable bonds is 7. The highest BCUT2D eigenvalue weighted by molar-refractivity contribution is 7.09. The maximum absolute atomic E-state index is 11.7. The summed E-state index contributed by atoms with van der Waals surface area (Å²) in [7, 11) is 0. The molecule has 122 valence electrons. The summed E-state index contributed by atoms with van der Waals surface area (Å²) in [5, 5.41) is 5.23. The SMILES string of the molecule is Cc1ccc(NC(=O)COC(=O)CCCc2cccs2)cc1Cl. The lowest BCUT2D eigenvalue weighted by Crippen LogP contribution is -2.20. The quantitative estimate of drug-likeness (QED) is 0.760. The fourth-order valence-corrected chi connectivity index (χ4v) is 2.88. The molecular formula is C17H18ClNO3S. The van der Waals surface area contributed by atoms with Gasteiger partial charge in [-0.25, -0.2) is 0 Å². The third-order valence-corrected chi connectivity index (χ3v) is 4.55. The summed E-state index contributed by atoms with van der Waals surface area (Å²) in [4.78, 5) is 24.6. The first-order valence-corrected chi connectivity index (χ1v) is 8.54. The van der Waals surface area contributed by atoms with Gasteiger partial charge in [0.15, 0.2) is 6.61 Å². The molecule has 0 aliphatic heterocycles. The van der Waals surface area contributed by atoms with E-state index in [4.69, 9.17) is 16.3 Å². The summed E-state index contributed by atoms with van der Waals surface area (Å²) < 4.78 is 4.97. The van der Waals surface area contributed by atoms with Crippen LogP contribution in [-0.2, 0) is 20.7 Å². The monoisotopic (exact) mass is 351 g/mol. The number of amides is 1. The van der Waals surface area contributed by atoms with Crippen LogP contribution in [0.1, 0.15) is 23.3 Å². The van der Waals surface area contributed by atoms with Crippen molar-refractivity contribution in [1.29, 1.82) is 0 Å². The number of hydrogen-bond donors (Lipinski definition) is 1. The van der Waals surface area contributed by atoms with Gasteiger partial charge >= 0.3 is 5.97 Å². The first kappa shape index (κ1) is 17.5. The zero-order valence-electron chi connectivity index (χ0n) is 12.8. The van der Waals surface area contributed by atoms with Gasteiger partial charge in [-0.1, -0.05) is 23.7 Å². The largest absolute Gasteiger partial charge is 0.456 e. The van der Waals surface area contributed by atoms with Crippen molar-refractivity contribution in [2.75, 3.05) is 11.9 Å². The Hall–Kier alpha value is -1.85. The molecule has 1 aromatic carbocycles. The van der Waals surface area contributed by atoms with Gasteiger partial charge in [-0.3, -0.25) is 9.59 Å². The third-order valence-electron chi connectivity index (χ3n) is 3.20. The number of benzene rings is 1. The van der Waals surface area contributed by atoms with Gasteiger partial charge in [0.05, 0.1) is 0 Å².